The molecule has 0 saturated heterocycles. The van der Waals surface area contributed by atoms with Gasteiger partial charge in [-0.25, -0.2) is 0 Å². The third kappa shape index (κ3) is 2.39. The van der Waals surface area contributed by atoms with Gasteiger partial charge in [0.2, 0.25) is 0 Å². The molecule has 5 nitrogen and oxygen atoms in total. The van der Waals surface area contributed by atoms with Gasteiger partial charge in [0.25, 0.3) is 0 Å². The van der Waals surface area contributed by atoms with Gasteiger partial charge in [0.05, 0.1) is 11.0 Å². The molecule has 0 radical (unpaired) electrons. The Balaban J connectivity index is 4.42. The Morgan fingerprint density at radius 1 is 1.73 bits per heavy atom. The van der Waals surface area contributed by atoms with Crippen LogP contribution in [0.3, 0.4) is 0 Å². The van der Waals surface area contributed by atoms with Crippen LogP contribution in [0.4, 0.5) is 0 Å². The predicted molar refractivity (Wildman–Crippen MR) is 42.0 cm³/mol. The van der Waals surface area contributed by atoms with Gasteiger partial charge in [-0.15, -0.1) is 0 Å². The van der Waals surface area contributed by atoms with Crippen molar-refractivity contribution in [3.8, 4) is 0 Å². The number of halogens is 1. The second-order valence-electron chi connectivity index (χ2n) is 2.49. The number of aliphatic hydroxyl groups is 2. The molecule has 0 aromatic heterocycles. The minimum Gasteiger partial charge on any atom is -0.392 e. The smallest absolute Gasteiger partial charge is 0.334 e. The number of nitrogens with zero attached hydrogens (tertiary/aromatic N) is 1. The van der Waals surface area contributed by atoms with Crippen molar-refractivity contribution in [3.63, 3.8) is 0 Å². The van der Waals surface area contributed by atoms with Crippen LogP contribution in [0.2, 0.25) is 0 Å². The first-order valence-electron chi connectivity index (χ1n) is 2.99. The summed E-state index contributed by atoms with van der Waals surface area (Å²) in [5.74, 6) is 0. The lowest BCUT2D eigenvalue weighted by atomic mass is 10.1. The Hall–Kier alpha value is -0.200. The van der Waals surface area contributed by atoms with Gasteiger partial charge in [-0.3, -0.25) is 10.1 Å². The zero-order chi connectivity index (χ0) is 9.23. The summed E-state index contributed by atoms with van der Waals surface area (Å²) >= 11 is 2.82. The number of rotatable bonds is 3. The standard InChI is InChI=1S/C5H10BrNO4/c1-3(8)4(6)5(2,9)7(10)11/h3-4,8-9H,1-2H3. The summed E-state index contributed by atoms with van der Waals surface area (Å²) in [6.07, 6.45) is -0.976. The van der Waals surface area contributed by atoms with E-state index in [0.29, 0.717) is 0 Å². The number of nitro groups is 1. The molecular weight excluding hydrogens is 218 g/mol. The lowest BCUT2D eigenvalue weighted by molar-refractivity contribution is -0.619. The Morgan fingerprint density at radius 3 is 2.18 bits per heavy atom. The van der Waals surface area contributed by atoms with Crippen molar-refractivity contribution in [1.82, 2.24) is 0 Å². The largest absolute Gasteiger partial charge is 0.392 e. The van der Waals surface area contributed by atoms with Crippen LogP contribution in [0.1, 0.15) is 13.8 Å². The topological polar surface area (TPSA) is 83.6 Å². The average molecular weight is 228 g/mol. The van der Waals surface area contributed by atoms with E-state index in [1.54, 1.807) is 0 Å². The van der Waals surface area contributed by atoms with E-state index in [-0.39, 0.29) is 0 Å². The zero-order valence-electron chi connectivity index (χ0n) is 6.19. The first kappa shape index (κ1) is 10.8. The van der Waals surface area contributed by atoms with Crippen molar-refractivity contribution in [3.05, 3.63) is 10.1 Å². The van der Waals surface area contributed by atoms with Crippen LogP contribution >= 0.6 is 15.9 Å². The molecule has 0 fully saturated rings. The Kier molecular flexibility index (Phi) is 3.40. The van der Waals surface area contributed by atoms with Crippen LogP contribution < -0.4 is 0 Å². The highest BCUT2D eigenvalue weighted by atomic mass is 79.9. The molecule has 0 amide bonds. The monoisotopic (exact) mass is 227 g/mol. The molecule has 0 heterocycles. The molecule has 2 N–H and O–H groups in total. The van der Waals surface area contributed by atoms with E-state index in [4.69, 9.17) is 10.2 Å². The molecule has 0 spiro atoms. The van der Waals surface area contributed by atoms with E-state index in [0.717, 1.165) is 6.92 Å². The summed E-state index contributed by atoms with van der Waals surface area (Å²) in [7, 11) is 0. The lowest BCUT2D eigenvalue weighted by Gasteiger charge is -2.21. The molecule has 0 aromatic carbocycles. The third-order valence-corrected chi connectivity index (χ3v) is 2.95. The second-order valence-corrected chi connectivity index (χ2v) is 3.48. The first-order valence-corrected chi connectivity index (χ1v) is 3.90. The van der Waals surface area contributed by atoms with E-state index in [1.165, 1.54) is 6.92 Å². The Morgan fingerprint density at radius 2 is 2.09 bits per heavy atom. The molecular formula is C5H10BrNO4. The maximum Gasteiger partial charge on any atom is 0.334 e. The SMILES string of the molecule is CC(O)C(Br)C(C)(O)[N+](=O)[O-]. The molecule has 3 atom stereocenters. The molecule has 0 aliphatic rings. The summed E-state index contributed by atoms with van der Waals surface area (Å²) in [5, 5.41) is 28.2. The minimum absolute atomic E-state index is 0.848. The van der Waals surface area contributed by atoms with Crippen molar-refractivity contribution >= 4 is 15.9 Å². The summed E-state index contributed by atoms with van der Waals surface area (Å²) in [6.45, 7) is 2.39. The van der Waals surface area contributed by atoms with Gasteiger partial charge in [0, 0.05) is 6.92 Å². The molecule has 0 rings (SSSR count). The van der Waals surface area contributed by atoms with Crippen molar-refractivity contribution in [2.45, 2.75) is 30.5 Å². The summed E-state index contributed by atoms with van der Waals surface area (Å²) in [5.41, 5.74) is -2.13. The molecule has 66 valence electrons. The van der Waals surface area contributed by atoms with Crippen molar-refractivity contribution in [1.29, 1.82) is 0 Å². The maximum atomic E-state index is 10.2. The van der Waals surface area contributed by atoms with E-state index in [1.807, 2.05) is 0 Å². The molecule has 0 bridgehead atoms. The zero-order valence-corrected chi connectivity index (χ0v) is 7.78. The highest BCUT2D eigenvalue weighted by molar-refractivity contribution is 9.09. The van der Waals surface area contributed by atoms with Gasteiger partial charge in [-0.05, 0) is 6.92 Å². The van der Waals surface area contributed by atoms with Gasteiger partial charge < -0.3 is 10.2 Å². The molecule has 6 heteroatoms. The highest BCUT2D eigenvalue weighted by Crippen LogP contribution is 2.21. The summed E-state index contributed by atoms with van der Waals surface area (Å²) < 4.78 is 0. The number of hydrogen-bond donors (Lipinski definition) is 2. The van der Waals surface area contributed by atoms with E-state index in [2.05, 4.69) is 15.9 Å². The average Bonchev–Trinajstić information content (AvgIpc) is 1.85. The van der Waals surface area contributed by atoms with Crippen LogP contribution in [0.25, 0.3) is 0 Å². The van der Waals surface area contributed by atoms with Crippen LogP contribution in [-0.4, -0.2) is 31.8 Å². The third-order valence-electron chi connectivity index (χ3n) is 1.32. The fraction of sp³-hybridized carbons (Fsp3) is 1.00. The molecule has 0 aromatic rings. The lowest BCUT2D eigenvalue weighted by Crippen LogP contribution is -2.48. The normalized spacial score (nSPS) is 21.9. The van der Waals surface area contributed by atoms with Crippen LogP contribution in [0, 0.1) is 10.1 Å². The van der Waals surface area contributed by atoms with E-state index >= 15 is 0 Å². The summed E-state index contributed by atoms with van der Waals surface area (Å²) in [4.78, 5) is 8.37. The maximum absolute atomic E-state index is 10.2. The van der Waals surface area contributed by atoms with Crippen LogP contribution in [0.5, 0.6) is 0 Å². The minimum atomic E-state index is -2.13. The fourth-order valence-corrected chi connectivity index (χ4v) is 0.725. The van der Waals surface area contributed by atoms with Crippen molar-refractivity contribution < 1.29 is 15.1 Å². The second kappa shape index (κ2) is 3.46. The molecule has 0 saturated carbocycles. The van der Waals surface area contributed by atoms with Gasteiger partial charge in [0.15, 0.2) is 0 Å². The number of alkyl halides is 1. The first-order chi connectivity index (χ1) is 4.80. The predicted octanol–water partition coefficient (Wildman–Crippen LogP) is 0.116. The molecule has 3 unspecified atom stereocenters. The van der Waals surface area contributed by atoms with Gasteiger partial charge >= 0.3 is 5.72 Å². The molecule has 0 aliphatic carbocycles. The van der Waals surface area contributed by atoms with Crippen LogP contribution in [-0.2, 0) is 0 Å². The Labute approximate surface area is 72.3 Å². The van der Waals surface area contributed by atoms with Crippen molar-refractivity contribution in [2.75, 3.05) is 0 Å². The van der Waals surface area contributed by atoms with Crippen molar-refractivity contribution in [2.24, 2.45) is 0 Å². The Bertz CT molecular complexity index is 159. The van der Waals surface area contributed by atoms with E-state index in [9.17, 15) is 10.1 Å². The van der Waals surface area contributed by atoms with Gasteiger partial charge in [-0.1, -0.05) is 15.9 Å². The van der Waals surface area contributed by atoms with Gasteiger partial charge in [-0.2, -0.15) is 0 Å². The fourth-order valence-electron chi connectivity index (χ4n) is 0.558. The highest BCUT2D eigenvalue weighted by Gasteiger charge is 2.44. The quantitative estimate of drug-likeness (QED) is 0.311. The molecule has 11 heavy (non-hydrogen) atoms. The molecule has 0 aliphatic heterocycles. The van der Waals surface area contributed by atoms with E-state index < -0.39 is 21.6 Å². The van der Waals surface area contributed by atoms with Crippen LogP contribution in [0.15, 0.2) is 0 Å². The number of aliphatic hydroxyl groups excluding tert-OH is 1. The number of hydrogen-bond acceptors (Lipinski definition) is 4. The summed E-state index contributed by atoms with van der Waals surface area (Å²) in [6, 6.07) is 0. The van der Waals surface area contributed by atoms with Gasteiger partial charge in [0.1, 0.15) is 4.83 Å².